The van der Waals surface area contributed by atoms with Crippen LogP contribution in [0.5, 0.6) is 0 Å². The summed E-state index contributed by atoms with van der Waals surface area (Å²) in [5, 5.41) is 8.98. The lowest BCUT2D eigenvalue weighted by atomic mass is 9.93. The number of carbonyl (C=O) groups is 1. The van der Waals surface area contributed by atoms with Crippen LogP contribution in [0.3, 0.4) is 0 Å². The molecule has 1 N–H and O–H groups in total. The Morgan fingerprint density at radius 2 is 2.29 bits per heavy atom. The summed E-state index contributed by atoms with van der Waals surface area (Å²) in [5.74, 6) is 0.0698. The molecule has 0 fully saturated rings. The van der Waals surface area contributed by atoms with Crippen LogP contribution in [0.15, 0.2) is 22.8 Å². The van der Waals surface area contributed by atoms with Crippen molar-refractivity contribution in [3.63, 3.8) is 0 Å². The molecule has 1 unspecified atom stereocenters. The third kappa shape index (κ3) is 3.24. The summed E-state index contributed by atoms with van der Waals surface area (Å²) in [5.41, 5.74) is 0. The van der Waals surface area contributed by atoms with Crippen LogP contribution >= 0.6 is 0 Å². The molecule has 0 saturated carbocycles. The molecule has 0 saturated heterocycles. The summed E-state index contributed by atoms with van der Waals surface area (Å²) >= 11 is 0. The molecule has 14 heavy (non-hydrogen) atoms. The van der Waals surface area contributed by atoms with Gasteiger partial charge in [-0.05, 0) is 24.5 Å². The topological polar surface area (TPSA) is 50.4 Å². The molecule has 0 bridgehead atoms. The molecule has 1 rings (SSSR count). The first kappa shape index (κ1) is 10.8. The average Bonchev–Trinajstić information content (AvgIpc) is 2.54. The molecule has 1 aromatic rings. The number of carboxylic acid groups (broad SMARTS) is 1. The van der Waals surface area contributed by atoms with Gasteiger partial charge in [-0.2, -0.15) is 0 Å². The van der Waals surface area contributed by atoms with Gasteiger partial charge in [0.05, 0.1) is 12.2 Å². The molecule has 3 nitrogen and oxygen atoms in total. The predicted octanol–water partition coefficient (Wildman–Crippen LogP) is 2.57. The first-order valence-corrected chi connectivity index (χ1v) is 4.84. The van der Waals surface area contributed by atoms with Crippen molar-refractivity contribution in [1.82, 2.24) is 0 Å². The summed E-state index contributed by atoms with van der Waals surface area (Å²) in [6.45, 7) is 4.05. The molecule has 0 spiro atoms. The first-order valence-electron chi connectivity index (χ1n) is 4.84. The van der Waals surface area contributed by atoms with Crippen molar-refractivity contribution in [3.05, 3.63) is 24.2 Å². The monoisotopic (exact) mass is 196 g/mol. The number of rotatable bonds is 5. The first-order chi connectivity index (χ1) is 6.59. The number of hydrogen-bond acceptors (Lipinski definition) is 2. The molecule has 0 aliphatic rings. The lowest BCUT2D eigenvalue weighted by Gasteiger charge is -2.12. The van der Waals surface area contributed by atoms with E-state index < -0.39 is 5.97 Å². The Balaban J connectivity index is 2.56. The van der Waals surface area contributed by atoms with Crippen molar-refractivity contribution < 1.29 is 14.3 Å². The van der Waals surface area contributed by atoms with Crippen molar-refractivity contribution in [2.24, 2.45) is 11.8 Å². The smallest absolute Gasteiger partial charge is 0.306 e. The van der Waals surface area contributed by atoms with Gasteiger partial charge in [0.25, 0.3) is 0 Å². The second kappa shape index (κ2) is 4.84. The van der Waals surface area contributed by atoms with E-state index in [9.17, 15) is 4.79 Å². The van der Waals surface area contributed by atoms with E-state index in [0.29, 0.717) is 18.8 Å². The van der Waals surface area contributed by atoms with E-state index in [1.54, 1.807) is 12.3 Å². The van der Waals surface area contributed by atoms with Crippen molar-refractivity contribution in [2.75, 3.05) is 0 Å². The largest absolute Gasteiger partial charge is 0.481 e. The minimum atomic E-state index is -0.741. The van der Waals surface area contributed by atoms with Crippen molar-refractivity contribution >= 4 is 5.97 Å². The minimum absolute atomic E-state index is 0.332. The fourth-order valence-corrected chi connectivity index (χ4v) is 1.51. The van der Waals surface area contributed by atoms with Gasteiger partial charge in [-0.15, -0.1) is 0 Å². The highest BCUT2D eigenvalue weighted by molar-refractivity contribution is 5.70. The fraction of sp³-hybridized carbons (Fsp3) is 0.545. The normalized spacial score (nSPS) is 13.1. The third-order valence-corrected chi connectivity index (χ3v) is 2.13. The maximum absolute atomic E-state index is 10.9. The quantitative estimate of drug-likeness (QED) is 0.787. The number of furan rings is 1. The predicted molar refractivity (Wildman–Crippen MR) is 53.0 cm³/mol. The van der Waals surface area contributed by atoms with Gasteiger partial charge in [0, 0.05) is 6.42 Å². The fourth-order valence-electron chi connectivity index (χ4n) is 1.51. The molecule has 1 atom stereocenters. The second-order valence-corrected chi connectivity index (χ2v) is 3.95. The van der Waals surface area contributed by atoms with E-state index in [1.807, 2.05) is 19.9 Å². The SMILES string of the molecule is CC(C)CC(Cc1ccco1)C(=O)O. The van der Waals surface area contributed by atoms with Crippen LogP contribution in [-0.4, -0.2) is 11.1 Å². The number of hydrogen-bond donors (Lipinski definition) is 1. The summed E-state index contributed by atoms with van der Waals surface area (Å²) in [4.78, 5) is 10.9. The molecule has 0 aliphatic carbocycles. The van der Waals surface area contributed by atoms with Crippen LogP contribution in [0.25, 0.3) is 0 Å². The maximum atomic E-state index is 10.9. The zero-order valence-electron chi connectivity index (χ0n) is 8.56. The van der Waals surface area contributed by atoms with Crippen molar-refractivity contribution in [3.8, 4) is 0 Å². The lowest BCUT2D eigenvalue weighted by Crippen LogP contribution is -2.18. The molecular formula is C11H16O3. The Kier molecular flexibility index (Phi) is 3.74. The van der Waals surface area contributed by atoms with Crippen molar-refractivity contribution in [2.45, 2.75) is 26.7 Å². The lowest BCUT2D eigenvalue weighted by molar-refractivity contribution is -0.142. The molecule has 1 heterocycles. The van der Waals surface area contributed by atoms with Gasteiger partial charge >= 0.3 is 5.97 Å². The summed E-state index contributed by atoms with van der Waals surface area (Å²) in [7, 11) is 0. The molecule has 3 heteroatoms. The highest BCUT2D eigenvalue weighted by atomic mass is 16.4. The summed E-state index contributed by atoms with van der Waals surface area (Å²) < 4.78 is 5.13. The number of carboxylic acids is 1. The van der Waals surface area contributed by atoms with Gasteiger partial charge < -0.3 is 9.52 Å². The standard InChI is InChI=1S/C11H16O3/c1-8(2)6-9(11(12)13)7-10-4-3-5-14-10/h3-5,8-9H,6-7H2,1-2H3,(H,12,13). The van der Waals surface area contributed by atoms with Gasteiger partial charge in [0.2, 0.25) is 0 Å². The molecule has 78 valence electrons. The Bertz CT molecular complexity index is 275. The van der Waals surface area contributed by atoms with Gasteiger partial charge in [-0.3, -0.25) is 4.79 Å². The maximum Gasteiger partial charge on any atom is 0.306 e. The van der Waals surface area contributed by atoms with Crippen LogP contribution in [0, 0.1) is 11.8 Å². The van der Waals surface area contributed by atoms with Gasteiger partial charge in [0.15, 0.2) is 0 Å². The highest BCUT2D eigenvalue weighted by Gasteiger charge is 2.20. The molecule has 0 amide bonds. The van der Waals surface area contributed by atoms with Crippen LogP contribution in [-0.2, 0) is 11.2 Å². The second-order valence-electron chi connectivity index (χ2n) is 3.95. The Labute approximate surface area is 83.7 Å². The highest BCUT2D eigenvalue weighted by Crippen LogP contribution is 2.17. The van der Waals surface area contributed by atoms with Crippen molar-refractivity contribution in [1.29, 1.82) is 0 Å². The van der Waals surface area contributed by atoms with E-state index >= 15 is 0 Å². The minimum Gasteiger partial charge on any atom is -0.481 e. The van der Waals surface area contributed by atoms with E-state index in [0.717, 1.165) is 5.76 Å². The van der Waals surface area contributed by atoms with Crippen LogP contribution in [0.1, 0.15) is 26.0 Å². The van der Waals surface area contributed by atoms with Gasteiger partial charge in [-0.1, -0.05) is 13.8 Å². The van der Waals surface area contributed by atoms with E-state index in [2.05, 4.69) is 0 Å². The molecule has 1 aromatic heterocycles. The summed E-state index contributed by atoms with van der Waals surface area (Å²) in [6.07, 6.45) is 2.75. The van der Waals surface area contributed by atoms with Crippen LogP contribution < -0.4 is 0 Å². The summed E-state index contributed by atoms with van der Waals surface area (Å²) in [6, 6.07) is 3.60. The molecule has 0 radical (unpaired) electrons. The number of aliphatic carboxylic acids is 1. The Morgan fingerprint density at radius 1 is 1.57 bits per heavy atom. The molecule has 0 aromatic carbocycles. The zero-order chi connectivity index (χ0) is 10.6. The molecule has 0 aliphatic heterocycles. The Hall–Kier alpha value is -1.25. The van der Waals surface area contributed by atoms with Gasteiger partial charge in [-0.25, -0.2) is 0 Å². The third-order valence-electron chi connectivity index (χ3n) is 2.13. The Morgan fingerprint density at radius 3 is 2.71 bits per heavy atom. The van der Waals surface area contributed by atoms with Gasteiger partial charge in [0.1, 0.15) is 5.76 Å². The average molecular weight is 196 g/mol. The van der Waals surface area contributed by atoms with Crippen LogP contribution in [0.4, 0.5) is 0 Å². The molecular weight excluding hydrogens is 180 g/mol. The zero-order valence-corrected chi connectivity index (χ0v) is 8.56. The van der Waals surface area contributed by atoms with E-state index in [1.165, 1.54) is 0 Å². The van der Waals surface area contributed by atoms with Crippen LogP contribution in [0.2, 0.25) is 0 Å². The van der Waals surface area contributed by atoms with E-state index in [-0.39, 0.29) is 5.92 Å². The van der Waals surface area contributed by atoms with E-state index in [4.69, 9.17) is 9.52 Å².